The molecular weight excluding hydrogens is 392 g/mol. The van der Waals surface area contributed by atoms with Crippen LogP contribution < -0.4 is 4.74 Å². The van der Waals surface area contributed by atoms with Gasteiger partial charge in [-0.25, -0.2) is 0 Å². The van der Waals surface area contributed by atoms with Crippen molar-refractivity contribution in [1.82, 2.24) is 20.1 Å². The van der Waals surface area contributed by atoms with Crippen LogP contribution >= 0.6 is 0 Å². The molecule has 2 aromatic heterocycles. The minimum absolute atomic E-state index is 0.107. The van der Waals surface area contributed by atoms with Crippen LogP contribution in [0.3, 0.4) is 0 Å². The third kappa shape index (κ3) is 4.93. The predicted octanol–water partition coefficient (Wildman–Crippen LogP) is 4.66. The molecule has 1 unspecified atom stereocenters. The number of aromatic nitrogens is 3. The fourth-order valence-electron chi connectivity index (χ4n) is 3.89. The van der Waals surface area contributed by atoms with E-state index in [1.54, 1.807) is 12.4 Å². The first-order valence-corrected chi connectivity index (χ1v) is 10.9. The minimum atomic E-state index is -0.167. The van der Waals surface area contributed by atoms with Crippen LogP contribution in [0.2, 0.25) is 0 Å². The maximum Gasteiger partial charge on any atom is 0.249 e. The first-order chi connectivity index (χ1) is 15.1. The van der Waals surface area contributed by atoms with Crippen LogP contribution in [-0.4, -0.2) is 39.1 Å². The SMILES string of the molecule is Cc1cccc(OCCCC(=O)N2CCCCC2c2nnc(-c3cccnc3)o2)c1C. The van der Waals surface area contributed by atoms with Crippen molar-refractivity contribution in [1.29, 1.82) is 0 Å². The van der Waals surface area contributed by atoms with Gasteiger partial charge in [0, 0.05) is 25.4 Å². The van der Waals surface area contributed by atoms with Gasteiger partial charge in [0.25, 0.3) is 0 Å². The second kappa shape index (κ2) is 9.73. The van der Waals surface area contributed by atoms with Crippen molar-refractivity contribution in [2.24, 2.45) is 0 Å². The molecule has 0 spiro atoms. The second-order valence-electron chi connectivity index (χ2n) is 7.94. The monoisotopic (exact) mass is 420 g/mol. The van der Waals surface area contributed by atoms with E-state index in [2.05, 4.69) is 35.1 Å². The first kappa shape index (κ1) is 21.0. The molecule has 1 aliphatic rings. The Hall–Kier alpha value is -3.22. The van der Waals surface area contributed by atoms with Gasteiger partial charge in [0.1, 0.15) is 11.8 Å². The van der Waals surface area contributed by atoms with Gasteiger partial charge >= 0.3 is 0 Å². The number of rotatable bonds is 7. The number of pyridine rings is 1. The van der Waals surface area contributed by atoms with Crippen molar-refractivity contribution in [3.8, 4) is 17.2 Å². The zero-order chi connectivity index (χ0) is 21.6. The molecule has 0 aliphatic carbocycles. The Morgan fingerprint density at radius 3 is 2.94 bits per heavy atom. The van der Waals surface area contributed by atoms with E-state index in [0.717, 1.165) is 36.1 Å². The summed E-state index contributed by atoms with van der Waals surface area (Å²) in [4.78, 5) is 18.9. The van der Waals surface area contributed by atoms with E-state index in [4.69, 9.17) is 9.15 Å². The summed E-state index contributed by atoms with van der Waals surface area (Å²) in [6.45, 7) is 5.35. The third-order valence-electron chi connectivity index (χ3n) is 5.80. The van der Waals surface area contributed by atoms with E-state index in [0.29, 0.717) is 37.8 Å². The molecule has 1 fully saturated rings. The van der Waals surface area contributed by atoms with Gasteiger partial charge < -0.3 is 14.1 Å². The molecule has 1 amide bonds. The van der Waals surface area contributed by atoms with Crippen LogP contribution in [-0.2, 0) is 4.79 Å². The molecule has 1 atom stereocenters. The number of hydrogen-bond donors (Lipinski definition) is 0. The maximum atomic E-state index is 13.0. The van der Waals surface area contributed by atoms with Gasteiger partial charge in [0.15, 0.2) is 0 Å². The number of amides is 1. The Balaban J connectivity index is 1.35. The first-order valence-electron chi connectivity index (χ1n) is 10.9. The number of carbonyl (C=O) groups excluding carboxylic acids is 1. The zero-order valence-electron chi connectivity index (χ0n) is 18.1. The molecule has 4 rings (SSSR count). The lowest BCUT2D eigenvalue weighted by molar-refractivity contribution is -0.135. The van der Waals surface area contributed by atoms with Gasteiger partial charge in [-0.05, 0) is 68.9 Å². The lowest BCUT2D eigenvalue weighted by Crippen LogP contribution is -2.38. The molecule has 0 saturated carbocycles. The molecule has 162 valence electrons. The van der Waals surface area contributed by atoms with E-state index >= 15 is 0 Å². The summed E-state index contributed by atoms with van der Waals surface area (Å²) >= 11 is 0. The van der Waals surface area contributed by atoms with Gasteiger partial charge in [-0.1, -0.05) is 12.1 Å². The van der Waals surface area contributed by atoms with E-state index in [-0.39, 0.29) is 11.9 Å². The van der Waals surface area contributed by atoms with Crippen LogP contribution in [0, 0.1) is 13.8 Å². The Bertz CT molecular complexity index is 1020. The van der Waals surface area contributed by atoms with Crippen LogP contribution in [0.25, 0.3) is 11.5 Å². The number of nitrogens with zero attached hydrogens (tertiary/aromatic N) is 4. The summed E-state index contributed by atoms with van der Waals surface area (Å²) in [6, 6.07) is 9.57. The smallest absolute Gasteiger partial charge is 0.249 e. The average Bonchev–Trinajstić information content (AvgIpc) is 3.30. The Labute approximate surface area is 182 Å². The molecule has 0 N–H and O–H groups in total. The average molecular weight is 421 g/mol. The highest BCUT2D eigenvalue weighted by atomic mass is 16.5. The summed E-state index contributed by atoms with van der Waals surface area (Å²) in [5, 5.41) is 8.41. The second-order valence-corrected chi connectivity index (χ2v) is 7.94. The molecule has 1 aliphatic heterocycles. The van der Waals surface area contributed by atoms with Crippen LogP contribution in [0.1, 0.15) is 55.2 Å². The largest absolute Gasteiger partial charge is 0.493 e. The zero-order valence-corrected chi connectivity index (χ0v) is 18.1. The summed E-state index contributed by atoms with van der Waals surface area (Å²) in [5.41, 5.74) is 3.12. The topological polar surface area (TPSA) is 81.4 Å². The van der Waals surface area contributed by atoms with Crippen LogP contribution in [0.4, 0.5) is 0 Å². The van der Waals surface area contributed by atoms with Gasteiger partial charge in [0.05, 0.1) is 12.2 Å². The van der Waals surface area contributed by atoms with Crippen molar-refractivity contribution in [3.05, 3.63) is 59.7 Å². The molecule has 0 radical (unpaired) electrons. The highest BCUT2D eigenvalue weighted by Crippen LogP contribution is 2.32. The quantitative estimate of drug-likeness (QED) is 0.517. The number of carbonyl (C=O) groups is 1. The minimum Gasteiger partial charge on any atom is -0.493 e. The molecule has 31 heavy (non-hydrogen) atoms. The summed E-state index contributed by atoms with van der Waals surface area (Å²) in [7, 11) is 0. The van der Waals surface area contributed by atoms with Gasteiger partial charge in [-0.3, -0.25) is 9.78 Å². The molecule has 1 aromatic carbocycles. The molecule has 7 heteroatoms. The highest BCUT2D eigenvalue weighted by Gasteiger charge is 2.31. The van der Waals surface area contributed by atoms with E-state index in [9.17, 15) is 4.79 Å². The van der Waals surface area contributed by atoms with Crippen LogP contribution in [0.5, 0.6) is 5.75 Å². The Morgan fingerprint density at radius 2 is 2.10 bits per heavy atom. The van der Waals surface area contributed by atoms with Crippen molar-refractivity contribution >= 4 is 5.91 Å². The Morgan fingerprint density at radius 1 is 1.19 bits per heavy atom. The van der Waals surface area contributed by atoms with Gasteiger partial charge in [0.2, 0.25) is 17.7 Å². The van der Waals surface area contributed by atoms with E-state index < -0.39 is 0 Å². The normalized spacial score (nSPS) is 16.3. The molecule has 0 bridgehead atoms. The summed E-state index contributed by atoms with van der Waals surface area (Å²) in [5.74, 6) is 1.93. The number of piperidine rings is 1. The Kier molecular flexibility index (Phi) is 6.60. The van der Waals surface area contributed by atoms with Gasteiger partial charge in [-0.15, -0.1) is 10.2 Å². The summed E-state index contributed by atoms with van der Waals surface area (Å²) in [6.07, 6.45) is 7.35. The lowest BCUT2D eigenvalue weighted by Gasteiger charge is -2.33. The van der Waals surface area contributed by atoms with Crippen molar-refractivity contribution in [2.45, 2.75) is 52.0 Å². The molecule has 3 heterocycles. The molecule has 1 saturated heterocycles. The number of benzene rings is 1. The predicted molar refractivity (Wildman–Crippen MR) is 116 cm³/mol. The number of hydrogen-bond acceptors (Lipinski definition) is 6. The van der Waals surface area contributed by atoms with E-state index in [1.165, 1.54) is 5.56 Å². The molecule has 3 aromatic rings. The van der Waals surface area contributed by atoms with Crippen molar-refractivity contribution in [2.75, 3.05) is 13.2 Å². The molecular formula is C24H28N4O3. The molecule has 7 nitrogen and oxygen atoms in total. The standard InChI is InChI=1S/C24H28N4O3/c1-17-8-5-11-21(18(17)2)30-15-7-12-22(29)28-14-4-3-10-20(28)24-27-26-23(31-24)19-9-6-13-25-16-19/h5-6,8-9,11,13,16,20H,3-4,7,10,12,14-15H2,1-2H3. The van der Waals surface area contributed by atoms with E-state index in [1.807, 2.05) is 29.2 Å². The maximum absolute atomic E-state index is 13.0. The number of likely N-dealkylation sites (tertiary alicyclic amines) is 1. The summed E-state index contributed by atoms with van der Waals surface area (Å²) < 4.78 is 11.8. The number of ether oxygens (including phenoxy) is 1. The highest BCUT2D eigenvalue weighted by molar-refractivity contribution is 5.76. The van der Waals surface area contributed by atoms with Crippen LogP contribution in [0.15, 0.2) is 47.1 Å². The van der Waals surface area contributed by atoms with Gasteiger partial charge in [-0.2, -0.15) is 0 Å². The number of aryl methyl sites for hydroxylation is 1. The van der Waals surface area contributed by atoms with Crippen molar-refractivity contribution < 1.29 is 13.9 Å². The fourth-order valence-corrected chi connectivity index (χ4v) is 3.89. The van der Waals surface area contributed by atoms with Crippen molar-refractivity contribution in [3.63, 3.8) is 0 Å². The third-order valence-corrected chi connectivity index (χ3v) is 5.80. The fraction of sp³-hybridized carbons (Fsp3) is 0.417. The lowest BCUT2D eigenvalue weighted by atomic mass is 10.0.